The van der Waals surface area contributed by atoms with Crippen molar-refractivity contribution in [2.24, 2.45) is 5.92 Å². The van der Waals surface area contributed by atoms with E-state index in [1.165, 1.54) is 13.2 Å². The Hall–Kier alpha value is -1.95. The molecule has 27 heavy (non-hydrogen) atoms. The first kappa shape index (κ1) is 19.8. The number of rotatable bonds is 5. The molecule has 1 saturated carbocycles. The fraction of sp³-hybridized carbons (Fsp3) is 0.500. The Morgan fingerprint density at radius 2 is 2.15 bits per heavy atom. The average molecular weight is 404 g/mol. The highest BCUT2D eigenvalue weighted by Crippen LogP contribution is 2.48. The van der Waals surface area contributed by atoms with E-state index in [1.807, 2.05) is 0 Å². The van der Waals surface area contributed by atoms with Gasteiger partial charge in [-0.05, 0) is 42.9 Å². The molecule has 2 aliphatic rings. The maximum atomic E-state index is 14.0. The standard InChI is InChI=1S/C18H17ClF3NO4/c1-25-10-26-7-5-12-8-15-13(9-14(12)19)17(18(20,21)22,27-16(24)23-15)6-4-11-2-3-11/h8-9,11H,2-3,5,7,10H2,1H3,(H,23,24)/t17-/m0/s1. The largest absolute Gasteiger partial charge is 0.445 e. The van der Waals surface area contributed by atoms with Crippen molar-refractivity contribution in [2.75, 3.05) is 25.8 Å². The van der Waals surface area contributed by atoms with Gasteiger partial charge in [-0.1, -0.05) is 17.5 Å². The van der Waals surface area contributed by atoms with Gasteiger partial charge in [-0.2, -0.15) is 13.2 Å². The number of fused-ring (bicyclic) bond motifs is 1. The van der Waals surface area contributed by atoms with E-state index in [1.54, 1.807) is 0 Å². The molecule has 0 unspecified atom stereocenters. The predicted molar refractivity (Wildman–Crippen MR) is 91.3 cm³/mol. The van der Waals surface area contributed by atoms with Crippen LogP contribution in [0.25, 0.3) is 0 Å². The molecule has 0 spiro atoms. The van der Waals surface area contributed by atoms with Gasteiger partial charge in [-0.3, -0.25) is 5.32 Å². The Bertz CT molecular complexity index is 798. The molecule has 0 saturated heterocycles. The van der Waals surface area contributed by atoms with Gasteiger partial charge < -0.3 is 14.2 Å². The summed E-state index contributed by atoms with van der Waals surface area (Å²) in [6.45, 7) is 0.337. The number of hydrogen-bond donors (Lipinski definition) is 1. The van der Waals surface area contributed by atoms with Crippen molar-refractivity contribution in [3.63, 3.8) is 0 Å². The van der Waals surface area contributed by atoms with Gasteiger partial charge in [-0.15, -0.1) is 0 Å². The quantitative estimate of drug-likeness (QED) is 0.454. The first-order chi connectivity index (χ1) is 12.8. The predicted octanol–water partition coefficient (Wildman–Crippen LogP) is 4.24. The molecule has 1 aromatic rings. The van der Waals surface area contributed by atoms with Gasteiger partial charge in [0, 0.05) is 23.6 Å². The van der Waals surface area contributed by atoms with Gasteiger partial charge >= 0.3 is 12.3 Å². The molecule has 0 aromatic heterocycles. The average Bonchev–Trinajstić information content (AvgIpc) is 3.41. The smallest absolute Gasteiger partial charge is 0.415 e. The maximum absolute atomic E-state index is 14.0. The first-order valence-corrected chi connectivity index (χ1v) is 8.63. The summed E-state index contributed by atoms with van der Waals surface area (Å²) in [5, 5.41) is 2.41. The highest BCUT2D eigenvalue weighted by Gasteiger charge is 2.62. The molecule has 1 heterocycles. The van der Waals surface area contributed by atoms with Gasteiger partial charge in [-0.25, -0.2) is 4.79 Å². The molecular formula is C18H17ClF3NO4. The lowest BCUT2D eigenvalue weighted by atomic mass is 9.89. The Balaban J connectivity index is 2.01. The highest BCUT2D eigenvalue weighted by molar-refractivity contribution is 6.31. The topological polar surface area (TPSA) is 56.8 Å². The number of anilines is 1. The third kappa shape index (κ3) is 4.15. The van der Waals surface area contributed by atoms with E-state index in [4.69, 9.17) is 25.8 Å². The fourth-order valence-electron chi connectivity index (χ4n) is 2.66. The van der Waals surface area contributed by atoms with Gasteiger partial charge in [0.25, 0.3) is 5.60 Å². The SMILES string of the molecule is COCOCCc1cc2c(cc1Cl)[C@@](C#CC1CC1)(C(F)(F)F)OC(=O)N2. The minimum atomic E-state index is -4.92. The second-order valence-corrected chi connectivity index (χ2v) is 6.70. The number of halogens is 4. The number of carbonyl (C=O) groups excluding carboxylic acids is 1. The lowest BCUT2D eigenvalue weighted by molar-refractivity contribution is -0.239. The third-order valence-electron chi connectivity index (χ3n) is 4.19. The number of amides is 1. The summed E-state index contributed by atoms with van der Waals surface area (Å²) in [5.41, 5.74) is -2.86. The number of alkyl halides is 3. The normalized spacial score (nSPS) is 21.6. The third-order valence-corrected chi connectivity index (χ3v) is 4.55. The molecule has 1 N–H and O–H groups in total. The van der Waals surface area contributed by atoms with Crippen LogP contribution in [0.3, 0.4) is 0 Å². The number of ether oxygens (including phenoxy) is 3. The van der Waals surface area contributed by atoms with E-state index in [-0.39, 0.29) is 35.6 Å². The van der Waals surface area contributed by atoms with Crippen LogP contribution in [0.15, 0.2) is 12.1 Å². The molecule has 3 rings (SSSR count). The van der Waals surface area contributed by atoms with E-state index in [0.717, 1.165) is 18.9 Å². The summed E-state index contributed by atoms with van der Waals surface area (Å²) in [7, 11) is 1.47. The van der Waals surface area contributed by atoms with Crippen LogP contribution in [-0.2, 0) is 26.2 Å². The maximum Gasteiger partial charge on any atom is 0.445 e. The number of cyclic esters (lactones) is 1. The molecule has 1 aliphatic carbocycles. The molecular weight excluding hydrogens is 387 g/mol. The van der Waals surface area contributed by atoms with Gasteiger partial charge in [0.2, 0.25) is 0 Å². The van der Waals surface area contributed by atoms with Gasteiger partial charge in [0.1, 0.15) is 6.79 Å². The summed E-state index contributed by atoms with van der Waals surface area (Å²) < 4.78 is 56.5. The number of methoxy groups -OCH3 is 1. The van der Waals surface area contributed by atoms with E-state index in [0.29, 0.717) is 12.0 Å². The number of carbonyl (C=O) groups is 1. The minimum absolute atomic E-state index is 0.0280. The molecule has 1 amide bonds. The summed E-state index contributed by atoms with van der Waals surface area (Å²) >= 11 is 6.19. The van der Waals surface area contributed by atoms with Crippen molar-refractivity contribution in [1.29, 1.82) is 0 Å². The van der Waals surface area contributed by atoms with Crippen LogP contribution in [0.1, 0.15) is 24.0 Å². The first-order valence-electron chi connectivity index (χ1n) is 8.26. The number of nitrogens with one attached hydrogen (secondary N) is 1. The van der Waals surface area contributed by atoms with Crippen LogP contribution in [0.5, 0.6) is 0 Å². The number of benzene rings is 1. The Morgan fingerprint density at radius 3 is 2.78 bits per heavy atom. The van der Waals surface area contributed by atoms with Crippen molar-refractivity contribution in [1.82, 2.24) is 0 Å². The van der Waals surface area contributed by atoms with Gasteiger partial charge in [0.15, 0.2) is 0 Å². The van der Waals surface area contributed by atoms with E-state index < -0.39 is 17.9 Å². The van der Waals surface area contributed by atoms with Crippen LogP contribution in [0.4, 0.5) is 23.7 Å². The second-order valence-electron chi connectivity index (χ2n) is 6.29. The summed E-state index contributed by atoms with van der Waals surface area (Å²) in [6.07, 6.45) is -4.33. The molecule has 146 valence electrons. The molecule has 1 atom stereocenters. The Labute approximate surface area is 159 Å². The van der Waals surface area contributed by atoms with Crippen molar-refractivity contribution in [2.45, 2.75) is 31.0 Å². The monoisotopic (exact) mass is 403 g/mol. The molecule has 5 nitrogen and oxygen atoms in total. The van der Waals surface area contributed by atoms with E-state index in [2.05, 4.69) is 17.2 Å². The molecule has 1 aliphatic heterocycles. The van der Waals surface area contributed by atoms with Crippen molar-refractivity contribution in [3.8, 4) is 11.8 Å². The lowest BCUT2D eigenvalue weighted by Gasteiger charge is -2.36. The van der Waals surface area contributed by atoms with Crippen LogP contribution in [0, 0.1) is 17.8 Å². The minimum Gasteiger partial charge on any atom is -0.415 e. The van der Waals surface area contributed by atoms with Crippen molar-refractivity contribution in [3.05, 3.63) is 28.3 Å². The second kappa shape index (κ2) is 7.58. The molecule has 9 heteroatoms. The van der Waals surface area contributed by atoms with E-state index in [9.17, 15) is 18.0 Å². The summed E-state index contributed by atoms with van der Waals surface area (Å²) in [6, 6.07) is 2.55. The van der Waals surface area contributed by atoms with Crippen molar-refractivity contribution >= 4 is 23.4 Å². The van der Waals surface area contributed by atoms with Crippen LogP contribution >= 0.6 is 11.6 Å². The zero-order chi connectivity index (χ0) is 19.7. The Kier molecular flexibility index (Phi) is 5.56. The van der Waals surface area contributed by atoms with Crippen LogP contribution in [0.2, 0.25) is 5.02 Å². The summed E-state index contributed by atoms with van der Waals surface area (Å²) in [5.74, 6) is 4.64. The van der Waals surface area contributed by atoms with Gasteiger partial charge in [0.05, 0.1) is 12.3 Å². The molecule has 1 fully saturated rings. The summed E-state index contributed by atoms with van der Waals surface area (Å²) in [4.78, 5) is 11.9. The van der Waals surface area contributed by atoms with Crippen LogP contribution in [-0.4, -0.2) is 32.8 Å². The van der Waals surface area contributed by atoms with Crippen molar-refractivity contribution < 1.29 is 32.2 Å². The zero-order valence-corrected chi connectivity index (χ0v) is 15.2. The Morgan fingerprint density at radius 1 is 1.41 bits per heavy atom. The lowest BCUT2D eigenvalue weighted by Crippen LogP contribution is -2.49. The highest BCUT2D eigenvalue weighted by atomic mass is 35.5. The number of hydrogen-bond acceptors (Lipinski definition) is 4. The van der Waals surface area contributed by atoms with Crippen LogP contribution < -0.4 is 5.32 Å². The fourth-order valence-corrected chi connectivity index (χ4v) is 2.92. The van der Waals surface area contributed by atoms with E-state index >= 15 is 0 Å². The molecule has 1 aromatic carbocycles. The molecule has 0 bridgehead atoms. The zero-order valence-electron chi connectivity index (χ0n) is 14.4. The molecule has 0 radical (unpaired) electrons.